The number of hydrogen-bond acceptors (Lipinski definition) is 5. The van der Waals surface area contributed by atoms with E-state index in [2.05, 4.69) is 34.3 Å². The Labute approximate surface area is 182 Å². The lowest BCUT2D eigenvalue weighted by Crippen LogP contribution is -2.53. The molecule has 0 aliphatic carbocycles. The van der Waals surface area contributed by atoms with Crippen molar-refractivity contribution in [3.63, 3.8) is 0 Å². The number of nitrogens with zero attached hydrogens (tertiary/aromatic N) is 2. The van der Waals surface area contributed by atoms with Crippen LogP contribution in [0.1, 0.15) is 19.4 Å². The summed E-state index contributed by atoms with van der Waals surface area (Å²) in [5.41, 5.74) is 1.74. The predicted octanol–water partition coefficient (Wildman–Crippen LogP) is 3.73. The lowest BCUT2D eigenvalue weighted by Gasteiger charge is -2.36. The van der Waals surface area contributed by atoms with E-state index in [0.717, 1.165) is 30.6 Å². The number of fused-ring (bicyclic) bond motifs is 2. The van der Waals surface area contributed by atoms with Crippen molar-refractivity contribution in [2.24, 2.45) is 0 Å². The summed E-state index contributed by atoms with van der Waals surface area (Å²) in [5, 5.41) is 13.0. The van der Waals surface area contributed by atoms with E-state index in [1.165, 1.54) is 0 Å². The van der Waals surface area contributed by atoms with Crippen LogP contribution in [-0.2, 0) is 16.4 Å². The summed E-state index contributed by atoms with van der Waals surface area (Å²) in [7, 11) is -3.76. The molecule has 3 aromatic carbocycles. The van der Waals surface area contributed by atoms with Crippen LogP contribution < -0.4 is 5.32 Å². The quantitative estimate of drug-likeness (QED) is 0.512. The molecular weight excluding hydrogens is 408 g/mol. The molecular formula is C24H26N4O2S. The molecule has 1 aliphatic heterocycles. The smallest absolute Gasteiger partial charge is 0.224 e. The van der Waals surface area contributed by atoms with Crippen molar-refractivity contribution in [2.45, 2.75) is 42.4 Å². The number of rotatable bonds is 4. The molecule has 5 rings (SSSR count). The zero-order chi connectivity index (χ0) is 21.6. The fourth-order valence-corrected chi connectivity index (χ4v) is 6.28. The number of aromatic nitrogens is 2. The molecule has 0 spiro atoms. The van der Waals surface area contributed by atoms with Gasteiger partial charge < -0.3 is 5.32 Å². The second-order valence-electron chi connectivity index (χ2n) is 8.55. The Bertz CT molecular complexity index is 1350. The average Bonchev–Trinajstić information content (AvgIpc) is 3.16. The summed E-state index contributed by atoms with van der Waals surface area (Å²) in [6.07, 6.45) is 0. The van der Waals surface area contributed by atoms with E-state index in [1.54, 1.807) is 12.1 Å². The lowest BCUT2D eigenvalue weighted by molar-refractivity contribution is 0.166. The van der Waals surface area contributed by atoms with Crippen LogP contribution in [0.15, 0.2) is 70.6 Å². The van der Waals surface area contributed by atoms with Gasteiger partial charge in [0.1, 0.15) is 0 Å². The number of piperazine rings is 1. The van der Waals surface area contributed by atoms with Gasteiger partial charge in [-0.05, 0) is 43.0 Å². The van der Waals surface area contributed by atoms with E-state index < -0.39 is 9.84 Å². The van der Waals surface area contributed by atoms with Crippen LogP contribution in [0.5, 0.6) is 0 Å². The molecule has 0 amide bonds. The molecule has 4 aromatic rings. The normalized spacial score (nSPS) is 20.5. The Balaban J connectivity index is 1.55. The van der Waals surface area contributed by atoms with Gasteiger partial charge in [0.25, 0.3) is 0 Å². The van der Waals surface area contributed by atoms with Gasteiger partial charge in [-0.1, -0.05) is 42.5 Å². The summed E-state index contributed by atoms with van der Waals surface area (Å²) in [4.78, 5) is 2.71. The van der Waals surface area contributed by atoms with Gasteiger partial charge in [-0.3, -0.25) is 10.00 Å². The molecule has 0 radical (unpaired) electrons. The number of benzene rings is 3. The van der Waals surface area contributed by atoms with Crippen LogP contribution in [0.3, 0.4) is 0 Å². The maximum absolute atomic E-state index is 13.6. The molecule has 31 heavy (non-hydrogen) atoms. The third-order valence-electron chi connectivity index (χ3n) is 5.93. The third-order valence-corrected chi connectivity index (χ3v) is 7.71. The van der Waals surface area contributed by atoms with E-state index >= 15 is 0 Å². The van der Waals surface area contributed by atoms with Crippen molar-refractivity contribution < 1.29 is 8.42 Å². The molecule has 0 bridgehead atoms. The highest BCUT2D eigenvalue weighted by molar-refractivity contribution is 7.91. The topological polar surface area (TPSA) is 78.1 Å². The SMILES string of the molecule is CC1CN(Cc2ccc3n[nH]c(S(=O)(=O)c4cccc5ccccc45)c3c2)CC(C)N1. The van der Waals surface area contributed by atoms with Gasteiger partial charge in [0.05, 0.1) is 10.4 Å². The maximum Gasteiger partial charge on any atom is 0.224 e. The Morgan fingerprint density at radius 1 is 0.968 bits per heavy atom. The first-order chi connectivity index (χ1) is 14.9. The summed E-state index contributed by atoms with van der Waals surface area (Å²) in [6.45, 7) is 7.10. The first kappa shape index (κ1) is 20.2. The number of sulfone groups is 1. The summed E-state index contributed by atoms with van der Waals surface area (Å²) < 4.78 is 27.2. The fourth-order valence-electron chi connectivity index (χ4n) is 4.70. The Morgan fingerprint density at radius 3 is 2.52 bits per heavy atom. The average molecular weight is 435 g/mol. The number of H-pyrrole nitrogens is 1. The number of aromatic amines is 1. The number of nitrogens with one attached hydrogen (secondary N) is 2. The molecule has 2 N–H and O–H groups in total. The molecule has 160 valence electrons. The Morgan fingerprint density at radius 2 is 1.71 bits per heavy atom. The van der Waals surface area contributed by atoms with E-state index in [1.807, 2.05) is 48.5 Å². The van der Waals surface area contributed by atoms with Gasteiger partial charge in [0.15, 0.2) is 5.03 Å². The highest BCUT2D eigenvalue weighted by Gasteiger charge is 2.26. The fraction of sp³-hybridized carbons (Fsp3) is 0.292. The van der Waals surface area contributed by atoms with Crippen molar-refractivity contribution >= 4 is 31.5 Å². The van der Waals surface area contributed by atoms with Gasteiger partial charge in [0, 0.05) is 42.5 Å². The molecule has 1 aliphatic rings. The van der Waals surface area contributed by atoms with E-state index in [4.69, 9.17) is 0 Å². The zero-order valence-corrected chi connectivity index (χ0v) is 18.5. The first-order valence-corrected chi connectivity index (χ1v) is 12.1. The molecule has 1 fully saturated rings. The van der Waals surface area contributed by atoms with Gasteiger partial charge in [-0.2, -0.15) is 5.10 Å². The maximum atomic E-state index is 13.6. The monoisotopic (exact) mass is 434 g/mol. The minimum Gasteiger partial charge on any atom is -0.309 e. The van der Waals surface area contributed by atoms with Crippen molar-refractivity contribution in [2.75, 3.05) is 13.1 Å². The largest absolute Gasteiger partial charge is 0.309 e. The number of hydrogen-bond donors (Lipinski definition) is 2. The lowest BCUT2D eigenvalue weighted by atomic mass is 10.1. The molecule has 2 unspecified atom stereocenters. The molecule has 2 atom stereocenters. The summed E-state index contributed by atoms with van der Waals surface area (Å²) >= 11 is 0. The van der Waals surface area contributed by atoms with Crippen molar-refractivity contribution in [3.8, 4) is 0 Å². The Hall–Kier alpha value is -2.74. The third kappa shape index (κ3) is 3.73. The van der Waals surface area contributed by atoms with Crippen LogP contribution in [0.2, 0.25) is 0 Å². The minimum absolute atomic E-state index is 0.155. The first-order valence-electron chi connectivity index (χ1n) is 10.6. The molecule has 6 nitrogen and oxygen atoms in total. The second-order valence-corrected chi connectivity index (χ2v) is 10.4. The van der Waals surface area contributed by atoms with Crippen molar-refractivity contribution in [1.29, 1.82) is 0 Å². The zero-order valence-electron chi connectivity index (χ0n) is 17.7. The Kier molecular flexibility index (Phi) is 5.04. The van der Waals surface area contributed by atoms with Crippen LogP contribution in [0, 0.1) is 0 Å². The van der Waals surface area contributed by atoms with Crippen LogP contribution >= 0.6 is 0 Å². The standard InChI is InChI=1S/C24H26N4O2S/c1-16-13-28(14-17(2)25-16)15-18-10-11-22-21(12-18)24(27-26-22)31(29,30)23-9-5-7-19-6-3-4-8-20(19)23/h3-12,16-17,25H,13-15H2,1-2H3,(H,26,27). The van der Waals surface area contributed by atoms with Crippen LogP contribution in [0.4, 0.5) is 0 Å². The summed E-state index contributed by atoms with van der Waals surface area (Å²) in [6, 6.07) is 19.7. The van der Waals surface area contributed by atoms with E-state index in [9.17, 15) is 8.42 Å². The molecule has 2 heterocycles. The van der Waals surface area contributed by atoms with Gasteiger partial charge in [0.2, 0.25) is 9.84 Å². The van der Waals surface area contributed by atoms with Crippen molar-refractivity contribution in [1.82, 2.24) is 20.4 Å². The minimum atomic E-state index is -3.76. The highest BCUT2D eigenvalue weighted by atomic mass is 32.2. The molecule has 1 saturated heterocycles. The molecule has 7 heteroatoms. The predicted molar refractivity (Wildman–Crippen MR) is 123 cm³/mol. The van der Waals surface area contributed by atoms with Crippen LogP contribution in [0.25, 0.3) is 21.7 Å². The van der Waals surface area contributed by atoms with Gasteiger partial charge in [-0.25, -0.2) is 8.42 Å². The van der Waals surface area contributed by atoms with E-state index in [-0.39, 0.29) is 5.03 Å². The second kappa shape index (κ2) is 7.75. The van der Waals surface area contributed by atoms with Gasteiger partial charge >= 0.3 is 0 Å². The van der Waals surface area contributed by atoms with Gasteiger partial charge in [-0.15, -0.1) is 0 Å². The molecule has 0 saturated carbocycles. The van der Waals surface area contributed by atoms with Crippen LogP contribution in [-0.4, -0.2) is 48.7 Å². The highest BCUT2D eigenvalue weighted by Crippen LogP contribution is 2.31. The van der Waals surface area contributed by atoms with Crippen molar-refractivity contribution in [3.05, 3.63) is 66.2 Å². The van der Waals surface area contributed by atoms with E-state index in [0.29, 0.717) is 33.3 Å². The summed E-state index contributed by atoms with van der Waals surface area (Å²) in [5.74, 6) is 0. The molecule has 1 aromatic heterocycles.